The normalized spacial score (nSPS) is 13.0. The lowest BCUT2D eigenvalue weighted by atomic mass is 9.33. The van der Waals surface area contributed by atoms with Crippen LogP contribution in [0, 0.1) is 0 Å². The number of nitrogens with zero attached hydrogens (tertiary/aromatic N) is 3. The zero-order valence-electron chi connectivity index (χ0n) is 52.8. The van der Waals surface area contributed by atoms with Gasteiger partial charge in [-0.2, -0.15) is 0 Å². The monoisotopic (exact) mass is 1160 g/mol. The molecule has 2 aliphatic rings. The standard InChI is InChI=1S/C86H74BN3/c1-83(2,61-31-13-9-14-32-61)65-43-49-69(50-44-65)88-78-53-47-67(85(5,6)63-35-17-11-18-36-63)55-74(78)87-75-56-68(86(7,8)64-37-19-12-20-38-64)48-54-79(75)89(70-51-45-66(46-52-70)84(3,4)62-33-15-10-16-34-62)81-58-71(57-80(88)82(81)87)90(76-41-25-29-59-27-21-23-39-72(59)76)77-42-26-30-60-28-22-24-40-73(60)77/h9-58H,1-8H3. The minimum Gasteiger partial charge on any atom is -0.311 e. The molecule has 0 aliphatic carbocycles. The highest BCUT2D eigenvalue weighted by Crippen LogP contribution is 2.51. The van der Waals surface area contributed by atoms with Crippen LogP contribution in [0.5, 0.6) is 0 Å². The molecule has 0 aromatic heterocycles. The fraction of sp³-hybridized carbons (Fsp3) is 0.140. The van der Waals surface area contributed by atoms with E-state index in [9.17, 15) is 0 Å². The molecule has 0 radical (unpaired) electrons. The molecular formula is C86H74BN3. The van der Waals surface area contributed by atoms with Crippen LogP contribution in [-0.2, 0) is 21.7 Å². The molecule has 0 spiro atoms. The van der Waals surface area contributed by atoms with Crippen LogP contribution in [0.3, 0.4) is 0 Å². The molecule has 13 aromatic rings. The Morgan fingerprint density at radius 2 is 0.567 bits per heavy atom. The number of hydrogen-bond donors (Lipinski definition) is 0. The third-order valence-electron chi connectivity index (χ3n) is 20.4. The summed E-state index contributed by atoms with van der Waals surface area (Å²) in [5.74, 6) is 0. The van der Waals surface area contributed by atoms with Crippen molar-refractivity contribution in [3.05, 3.63) is 348 Å². The van der Waals surface area contributed by atoms with Gasteiger partial charge in [-0.05, 0) is 132 Å². The fourth-order valence-corrected chi connectivity index (χ4v) is 14.8. The number of hydrogen-bond acceptors (Lipinski definition) is 3. The van der Waals surface area contributed by atoms with E-state index >= 15 is 0 Å². The van der Waals surface area contributed by atoms with Crippen molar-refractivity contribution in [3.8, 4) is 0 Å². The van der Waals surface area contributed by atoms with Crippen LogP contribution in [0.1, 0.15) is 99.9 Å². The third-order valence-corrected chi connectivity index (χ3v) is 20.4. The number of anilines is 9. The zero-order valence-corrected chi connectivity index (χ0v) is 52.8. The summed E-state index contributed by atoms with van der Waals surface area (Å²) in [5, 5.41) is 4.73. The zero-order chi connectivity index (χ0) is 61.5. The van der Waals surface area contributed by atoms with Crippen LogP contribution in [-0.4, -0.2) is 6.71 Å². The number of benzene rings is 13. The second-order valence-electron chi connectivity index (χ2n) is 26.9. The summed E-state index contributed by atoms with van der Waals surface area (Å²) >= 11 is 0. The first kappa shape index (κ1) is 56.4. The Balaban J connectivity index is 1.06. The molecule has 0 saturated carbocycles. The predicted molar refractivity (Wildman–Crippen MR) is 384 cm³/mol. The minimum atomic E-state index is -0.313. The summed E-state index contributed by atoms with van der Waals surface area (Å²) in [6.07, 6.45) is 0. The lowest BCUT2D eigenvalue weighted by molar-refractivity contribution is 0.641. The maximum atomic E-state index is 2.60. The predicted octanol–water partition coefficient (Wildman–Crippen LogP) is 20.8. The van der Waals surface area contributed by atoms with Gasteiger partial charge < -0.3 is 14.7 Å². The Bertz CT molecular complexity index is 4510. The molecule has 15 rings (SSSR count). The van der Waals surface area contributed by atoms with Crippen molar-refractivity contribution in [3.63, 3.8) is 0 Å². The quantitative estimate of drug-likeness (QED) is 0.107. The highest BCUT2D eigenvalue weighted by molar-refractivity contribution is 7.00. The number of rotatable bonds is 13. The molecule has 4 heteroatoms. The van der Waals surface area contributed by atoms with E-state index in [1.54, 1.807) is 0 Å². The molecule has 0 fully saturated rings. The van der Waals surface area contributed by atoms with Crippen LogP contribution in [0.15, 0.2) is 303 Å². The Morgan fingerprint density at radius 3 is 0.933 bits per heavy atom. The van der Waals surface area contributed by atoms with E-state index in [-0.39, 0.29) is 28.4 Å². The second-order valence-corrected chi connectivity index (χ2v) is 26.9. The van der Waals surface area contributed by atoms with Crippen LogP contribution in [0.25, 0.3) is 21.5 Å². The first-order valence-electron chi connectivity index (χ1n) is 31.9. The Hall–Kier alpha value is -10.2. The van der Waals surface area contributed by atoms with E-state index in [4.69, 9.17) is 0 Å². The fourth-order valence-electron chi connectivity index (χ4n) is 14.8. The van der Waals surface area contributed by atoms with Gasteiger partial charge in [-0.25, -0.2) is 0 Å². The molecule has 0 N–H and O–H groups in total. The summed E-state index contributed by atoms with van der Waals surface area (Å²) in [4.78, 5) is 7.75. The van der Waals surface area contributed by atoms with Crippen molar-refractivity contribution in [1.82, 2.24) is 0 Å². The van der Waals surface area contributed by atoms with Gasteiger partial charge in [-0.3, -0.25) is 0 Å². The molecule has 3 nitrogen and oxygen atoms in total. The summed E-state index contributed by atoms with van der Waals surface area (Å²) in [7, 11) is 0. The van der Waals surface area contributed by atoms with Crippen molar-refractivity contribution in [2.24, 2.45) is 0 Å². The largest absolute Gasteiger partial charge is 0.311 e. The summed E-state index contributed by atoms with van der Waals surface area (Å²) in [6.45, 7) is 18.8. The smallest absolute Gasteiger partial charge is 0.252 e. The van der Waals surface area contributed by atoms with Crippen LogP contribution in [0.2, 0.25) is 0 Å². The van der Waals surface area contributed by atoms with Gasteiger partial charge in [0, 0.05) is 66.6 Å². The molecule has 90 heavy (non-hydrogen) atoms. The molecule has 0 bridgehead atoms. The van der Waals surface area contributed by atoms with E-state index in [1.165, 1.54) is 93.8 Å². The minimum absolute atomic E-state index is 0.171. The second kappa shape index (κ2) is 21.9. The maximum absolute atomic E-state index is 2.60. The van der Waals surface area contributed by atoms with Gasteiger partial charge in [0.25, 0.3) is 6.71 Å². The third kappa shape index (κ3) is 9.34. The molecule has 0 saturated heterocycles. The summed E-state index contributed by atoms with van der Waals surface area (Å²) in [5.41, 5.74) is 23.0. The highest BCUT2D eigenvalue weighted by atomic mass is 15.2. The molecule has 2 aliphatic heterocycles. The van der Waals surface area contributed by atoms with Gasteiger partial charge in [0.05, 0.1) is 17.1 Å². The highest BCUT2D eigenvalue weighted by Gasteiger charge is 2.46. The lowest BCUT2D eigenvalue weighted by Crippen LogP contribution is -2.61. The first-order chi connectivity index (χ1) is 43.7. The van der Waals surface area contributed by atoms with Crippen molar-refractivity contribution >= 4 is 95.8 Å². The van der Waals surface area contributed by atoms with Gasteiger partial charge in [0.2, 0.25) is 0 Å². The lowest BCUT2D eigenvalue weighted by Gasteiger charge is -2.46. The van der Waals surface area contributed by atoms with Gasteiger partial charge in [-0.15, -0.1) is 0 Å². The Morgan fingerprint density at radius 1 is 0.267 bits per heavy atom. The van der Waals surface area contributed by atoms with Crippen molar-refractivity contribution in [2.75, 3.05) is 14.7 Å². The molecule has 13 aromatic carbocycles. The molecule has 436 valence electrons. The van der Waals surface area contributed by atoms with Crippen molar-refractivity contribution in [2.45, 2.75) is 77.0 Å². The van der Waals surface area contributed by atoms with Crippen LogP contribution >= 0.6 is 0 Å². The average Bonchev–Trinajstić information content (AvgIpc) is 0.693. The van der Waals surface area contributed by atoms with Gasteiger partial charge in [0.15, 0.2) is 0 Å². The summed E-state index contributed by atoms with van der Waals surface area (Å²) < 4.78 is 0. The number of fused-ring (bicyclic) bond motifs is 6. The SMILES string of the molecule is CC(C)(c1ccccc1)c1ccc(N2c3ccc(C(C)(C)c4ccccc4)cc3B3c4cc(C(C)(C)c5ccccc5)ccc4N(c4ccc(C(C)(C)c5ccccc5)cc4)c4cc(N(c5cccc6ccccc56)c5cccc6ccccc56)cc2c43)cc1. The Kier molecular flexibility index (Phi) is 13.7. The molecular weight excluding hydrogens is 1090 g/mol. The van der Waals surface area contributed by atoms with Crippen LogP contribution in [0.4, 0.5) is 51.2 Å². The van der Waals surface area contributed by atoms with Crippen LogP contribution < -0.4 is 31.1 Å². The van der Waals surface area contributed by atoms with Gasteiger partial charge in [-0.1, -0.05) is 298 Å². The maximum Gasteiger partial charge on any atom is 0.252 e. The van der Waals surface area contributed by atoms with Gasteiger partial charge >= 0.3 is 0 Å². The topological polar surface area (TPSA) is 9.72 Å². The molecule has 2 heterocycles. The molecule has 0 atom stereocenters. The van der Waals surface area contributed by atoms with Crippen molar-refractivity contribution < 1.29 is 0 Å². The summed E-state index contributed by atoms with van der Waals surface area (Å²) in [6, 6.07) is 114. The van der Waals surface area contributed by atoms with E-state index in [1.807, 2.05) is 0 Å². The van der Waals surface area contributed by atoms with E-state index in [0.717, 1.165) is 39.8 Å². The molecule has 0 unspecified atom stereocenters. The molecule has 0 amide bonds. The van der Waals surface area contributed by atoms with Crippen molar-refractivity contribution in [1.29, 1.82) is 0 Å². The van der Waals surface area contributed by atoms with E-state index in [2.05, 4.69) is 373 Å². The van der Waals surface area contributed by atoms with E-state index < -0.39 is 0 Å². The average molecular weight is 1160 g/mol. The Labute approximate surface area is 532 Å². The first-order valence-corrected chi connectivity index (χ1v) is 31.9. The van der Waals surface area contributed by atoms with E-state index in [0.29, 0.717) is 0 Å². The van der Waals surface area contributed by atoms with Gasteiger partial charge in [0.1, 0.15) is 0 Å².